The Bertz CT molecular complexity index is 245. The third kappa shape index (κ3) is 7.50. The first-order valence-electron chi connectivity index (χ1n) is 6.88. The van der Waals surface area contributed by atoms with Gasteiger partial charge < -0.3 is 20.7 Å². The molecule has 0 radical (unpaired) electrons. The Hall–Kier alpha value is -0.810. The Morgan fingerprint density at radius 2 is 2.17 bits per heavy atom. The van der Waals surface area contributed by atoms with E-state index in [0.717, 1.165) is 26.1 Å². The Labute approximate surface area is 110 Å². The quantitative estimate of drug-likeness (QED) is 0.649. The lowest BCUT2D eigenvalue weighted by molar-refractivity contribution is 0.0527. The minimum absolute atomic E-state index is 0.332. The molecule has 5 nitrogen and oxygen atoms in total. The zero-order valence-electron chi connectivity index (χ0n) is 11.8. The van der Waals surface area contributed by atoms with Gasteiger partial charge in [-0.3, -0.25) is 0 Å². The van der Waals surface area contributed by atoms with Gasteiger partial charge in [-0.05, 0) is 53.1 Å². The normalized spacial score (nSPS) is 20.5. The second kappa shape index (κ2) is 7.59. The Balaban J connectivity index is 1.96. The maximum Gasteiger partial charge on any atom is 0.407 e. The molecule has 1 fully saturated rings. The number of carbonyl (C=O) groups is 1. The maximum absolute atomic E-state index is 11.4. The number of carbonyl (C=O) groups excluding carboxylic acids is 1. The molecule has 1 aliphatic heterocycles. The molecule has 1 saturated heterocycles. The molecule has 1 aliphatic rings. The number of hydrogen-bond donors (Lipinski definition) is 3. The Morgan fingerprint density at radius 3 is 2.78 bits per heavy atom. The van der Waals surface area contributed by atoms with Crippen LogP contribution in [0.4, 0.5) is 4.79 Å². The molecular formula is C13H27N3O2. The summed E-state index contributed by atoms with van der Waals surface area (Å²) in [7, 11) is 0. The highest BCUT2D eigenvalue weighted by Gasteiger charge is 2.15. The molecule has 0 spiro atoms. The molecule has 3 N–H and O–H groups in total. The third-order valence-corrected chi connectivity index (χ3v) is 2.75. The van der Waals surface area contributed by atoms with Gasteiger partial charge in [0.1, 0.15) is 5.60 Å². The van der Waals surface area contributed by atoms with Crippen LogP contribution in [0.2, 0.25) is 0 Å². The van der Waals surface area contributed by atoms with Gasteiger partial charge in [0.25, 0.3) is 0 Å². The van der Waals surface area contributed by atoms with Gasteiger partial charge in [-0.1, -0.05) is 0 Å². The lowest BCUT2D eigenvalue weighted by atomic mass is 10.1. The summed E-state index contributed by atoms with van der Waals surface area (Å²) in [5.74, 6) is 0. The van der Waals surface area contributed by atoms with Crippen LogP contribution >= 0.6 is 0 Å². The van der Waals surface area contributed by atoms with Gasteiger partial charge in [0.2, 0.25) is 0 Å². The van der Waals surface area contributed by atoms with Crippen LogP contribution in [-0.2, 0) is 4.74 Å². The molecule has 0 aromatic rings. The largest absolute Gasteiger partial charge is 0.444 e. The van der Waals surface area contributed by atoms with Crippen molar-refractivity contribution >= 4 is 6.09 Å². The van der Waals surface area contributed by atoms with Crippen LogP contribution < -0.4 is 16.0 Å². The Kier molecular flexibility index (Phi) is 6.43. The monoisotopic (exact) mass is 257 g/mol. The van der Waals surface area contributed by atoms with Crippen LogP contribution in [0.3, 0.4) is 0 Å². The van der Waals surface area contributed by atoms with Gasteiger partial charge in [0.15, 0.2) is 0 Å². The van der Waals surface area contributed by atoms with Crippen molar-refractivity contribution in [3.05, 3.63) is 0 Å². The lowest BCUT2D eigenvalue weighted by Crippen LogP contribution is -2.43. The summed E-state index contributed by atoms with van der Waals surface area (Å²) in [6.45, 7) is 9.38. The van der Waals surface area contributed by atoms with Gasteiger partial charge in [-0.2, -0.15) is 0 Å². The summed E-state index contributed by atoms with van der Waals surface area (Å²) in [6, 6.07) is 0.584. The molecule has 0 aromatic carbocycles. The molecule has 106 valence electrons. The molecule has 5 heteroatoms. The molecule has 0 aromatic heterocycles. The number of rotatable bonds is 5. The maximum atomic E-state index is 11.4. The number of ether oxygens (including phenoxy) is 1. The van der Waals surface area contributed by atoms with E-state index in [1.807, 2.05) is 20.8 Å². The number of amides is 1. The summed E-state index contributed by atoms with van der Waals surface area (Å²) in [5, 5.41) is 9.62. The predicted octanol–water partition coefficient (Wildman–Crippen LogP) is 1.24. The highest BCUT2D eigenvalue weighted by Crippen LogP contribution is 2.06. The molecule has 0 saturated carbocycles. The summed E-state index contributed by atoms with van der Waals surface area (Å²) < 4.78 is 5.15. The first-order chi connectivity index (χ1) is 8.47. The van der Waals surface area contributed by atoms with E-state index >= 15 is 0 Å². The van der Waals surface area contributed by atoms with Crippen molar-refractivity contribution in [2.75, 3.05) is 26.2 Å². The second-order valence-electron chi connectivity index (χ2n) is 5.78. The van der Waals surface area contributed by atoms with Crippen LogP contribution in [0.25, 0.3) is 0 Å². The fourth-order valence-electron chi connectivity index (χ4n) is 1.93. The van der Waals surface area contributed by atoms with Crippen molar-refractivity contribution in [1.82, 2.24) is 16.0 Å². The fourth-order valence-corrected chi connectivity index (χ4v) is 1.93. The van der Waals surface area contributed by atoms with E-state index in [1.54, 1.807) is 0 Å². The zero-order chi connectivity index (χ0) is 13.4. The number of hydrogen-bond acceptors (Lipinski definition) is 4. The Morgan fingerprint density at radius 1 is 1.39 bits per heavy atom. The highest BCUT2D eigenvalue weighted by atomic mass is 16.6. The SMILES string of the molecule is CC(C)(C)OC(=O)NCCCNC1CCCNC1. The number of nitrogens with one attached hydrogen (secondary N) is 3. The van der Waals surface area contributed by atoms with Crippen molar-refractivity contribution in [1.29, 1.82) is 0 Å². The lowest BCUT2D eigenvalue weighted by Gasteiger charge is -2.24. The minimum atomic E-state index is -0.421. The summed E-state index contributed by atoms with van der Waals surface area (Å²) in [6.07, 6.45) is 3.08. The van der Waals surface area contributed by atoms with E-state index in [1.165, 1.54) is 12.8 Å². The van der Waals surface area contributed by atoms with Crippen LogP contribution in [0, 0.1) is 0 Å². The summed E-state index contributed by atoms with van der Waals surface area (Å²) in [5.41, 5.74) is -0.421. The van der Waals surface area contributed by atoms with Crippen LogP contribution in [-0.4, -0.2) is 43.9 Å². The van der Waals surface area contributed by atoms with E-state index in [-0.39, 0.29) is 6.09 Å². The molecule has 0 aliphatic carbocycles. The standard InChI is InChI=1S/C13H27N3O2/c1-13(2,3)18-12(17)16-9-5-8-15-11-6-4-7-14-10-11/h11,14-15H,4-10H2,1-3H3,(H,16,17). The molecule has 1 atom stereocenters. The molecule has 1 heterocycles. The fraction of sp³-hybridized carbons (Fsp3) is 0.923. The van der Waals surface area contributed by atoms with Crippen LogP contribution in [0.15, 0.2) is 0 Å². The highest BCUT2D eigenvalue weighted by molar-refractivity contribution is 5.67. The molecule has 0 bridgehead atoms. The molecular weight excluding hydrogens is 230 g/mol. The molecule has 1 amide bonds. The van der Waals surface area contributed by atoms with Crippen molar-refractivity contribution in [3.63, 3.8) is 0 Å². The number of alkyl carbamates (subject to hydrolysis) is 1. The van der Waals surface area contributed by atoms with Crippen LogP contribution in [0.1, 0.15) is 40.0 Å². The van der Waals surface area contributed by atoms with E-state index < -0.39 is 5.60 Å². The topological polar surface area (TPSA) is 62.4 Å². The molecule has 18 heavy (non-hydrogen) atoms. The van der Waals surface area contributed by atoms with Gasteiger partial charge in [-0.25, -0.2) is 4.79 Å². The third-order valence-electron chi connectivity index (χ3n) is 2.75. The van der Waals surface area contributed by atoms with Crippen molar-refractivity contribution in [3.8, 4) is 0 Å². The van der Waals surface area contributed by atoms with Crippen molar-refractivity contribution in [2.45, 2.75) is 51.7 Å². The van der Waals surface area contributed by atoms with Crippen LogP contribution in [0.5, 0.6) is 0 Å². The van der Waals surface area contributed by atoms with Gasteiger partial charge >= 0.3 is 6.09 Å². The minimum Gasteiger partial charge on any atom is -0.444 e. The van der Waals surface area contributed by atoms with Gasteiger partial charge in [0.05, 0.1) is 0 Å². The number of piperidine rings is 1. The van der Waals surface area contributed by atoms with E-state index in [0.29, 0.717) is 12.6 Å². The first-order valence-corrected chi connectivity index (χ1v) is 6.88. The molecule has 1 rings (SSSR count). The predicted molar refractivity (Wildman–Crippen MR) is 72.7 cm³/mol. The second-order valence-corrected chi connectivity index (χ2v) is 5.78. The summed E-state index contributed by atoms with van der Waals surface area (Å²) in [4.78, 5) is 11.4. The smallest absolute Gasteiger partial charge is 0.407 e. The average Bonchev–Trinajstić information content (AvgIpc) is 2.27. The van der Waals surface area contributed by atoms with Gasteiger partial charge in [0, 0.05) is 19.1 Å². The first kappa shape index (κ1) is 15.2. The van der Waals surface area contributed by atoms with E-state index in [4.69, 9.17) is 4.74 Å². The van der Waals surface area contributed by atoms with E-state index in [9.17, 15) is 4.79 Å². The van der Waals surface area contributed by atoms with Crippen molar-refractivity contribution in [2.24, 2.45) is 0 Å². The van der Waals surface area contributed by atoms with E-state index in [2.05, 4.69) is 16.0 Å². The average molecular weight is 257 g/mol. The molecule has 1 unspecified atom stereocenters. The van der Waals surface area contributed by atoms with Crippen molar-refractivity contribution < 1.29 is 9.53 Å². The zero-order valence-corrected chi connectivity index (χ0v) is 11.8. The van der Waals surface area contributed by atoms with Gasteiger partial charge in [-0.15, -0.1) is 0 Å². The summed E-state index contributed by atoms with van der Waals surface area (Å²) >= 11 is 0.